The molecule has 0 bridgehead atoms. The molecule has 1 rings (SSSR count). The zero-order chi connectivity index (χ0) is 7.54. The number of hydrogen-bond acceptors (Lipinski definition) is 0. The predicted octanol–water partition coefficient (Wildman–Crippen LogP) is 3.78. The summed E-state index contributed by atoms with van der Waals surface area (Å²) in [6.07, 6.45) is 7.50. The van der Waals surface area contributed by atoms with Crippen LogP contribution in [0.25, 0.3) is 0 Å². The smallest absolute Gasteiger partial charge is 0.0533 e. The van der Waals surface area contributed by atoms with Crippen molar-refractivity contribution in [1.29, 1.82) is 0 Å². The molecule has 9 heavy (non-hydrogen) atoms. The van der Waals surface area contributed by atoms with Gasteiger partial charge < -0.3 is 0 Å². The summed E-state index contributed by atoms with van der Waals surface area (Å²) >= 11 is 0. The summed E-state index contributed by atoms with van der Waals surface area (Å²) in [7, 11) is 0. The lowest BCUT2D eigenvalue weighted by molar-refractivity contribution is 0.886. The average molecular weight is 128 g/mol. The molecule has 0 atom stereocenters. The lowest BCUT2D eigenvalue weighted by Crippen LogP contribution is -1.47. The molecule has 0 N–H and O–H groups in total. The molecule has 0 aromatic carbocycles. The van der Waals surface area contributed by atoms with E-state index < -0.39 is 0 Å². The van der Waals surface area contributed by atoms with Crippen molar-refractivity contribution in [2.45, 2.75) is 46.0 Å². The van der Waals surface area contributed by atoms with Crippen molar-refractivity contribution in [2.24, 2.45) is 0 Å². The Morgan fingerprint density at radius 1 is 0.667 bits per heavy atom. The molecule has 0 aliphatic heterocycles. The molecular weight excluding hydrogens is 108 g/mol. The second-order valence-electron chi connectivity index (χ2n) is 1.77. The van der Waals surface area contributed by atoms with Gasteiger partial charge in [0.2, 0.25) is 0 Å². The minimum atomic E-state index is 1.50. The van der Waals surface area contributed by atoms with Gasteiger partial charge in [0.05, 0.1) is 0 Å². The van der Waals surface area contributed by atoms with Crippen LogP contribution < -0.4 is 0 Å². The Labute approximate surface area is 60.0 Å². The summed E-state index contributed by atoms with van der Waals surface area (Å²) < 4.78 is 0. The first-order valence-corrected chi connectivity index (χ1v) is 4.00. The topological polar surface area (TPSA) is 0 Å². The maximum Gasteiger partial charge on any atom is -0.0533 e. The van der Waals surface area contributed by atoms with Gasteiger partial charge in [0.1, 0.15) is 0 Å². The van der Waals surface area contributed by atoms with Crippen molar-refractivity contribution in [2.75, 3.05) is 0 Å². The van der Waals surface area contributed by atoms with Gasteiger partial charge in [0.15, 0.2) is 0 Å². The van der Waals surface area contributed by atoms with Crippen molar-refractivity contribution in [3.63, 3.8) is 0 Å². The Morgan fingerprint density at radius 3 is 0.889 bits per heavy atom. The van der Waals surface area contributed by atoms with Crippen molar-refractivity contribution >= 4 is 0 Å². The molecule has 0 unspecified atom stereocenters. The summed E-state index contributed by atoms with van der Waals surface area (Å²) in [5, 5.41) is 0. The van der Waals surface area contributed by atoms with E-state index in [-0.39, 0.29) is 0 Å². The Hall–Kier alpha value is -0.260. The van der Waals surface area contributed by atoms with Crippen molar-refractivity contribution in [3.8, 4) is 0 Å². The Bertz CT molecular complexity index is 19.4. The normalized spacial score (nSPS) is 14.4. The molecule has 0 aromatic heterocycles. The maximum absolute atomic E-state index is 3.00. The van der Waals surface area contributed by atoms with E-state index >= 15 is 0 Å². The van der Waals surface area contributed by atoms with Gasteiger partial charge in [-0.25, -0.2) is 0 Å². The highest BCUT2D eigenvalue weighted by molar-refractivity contribution is 4.51. The number of hydrogen-bond donors (Lipinski definition) is 0. The van der Waals surface area contributed by atoms with Crippen LogP contribution in [0, 0.1) is 0 Å². The highest BCUT2D eigenvalue weighted by Gasteiger charge is 1.95. The van der Waals surface area contributed by atoms with Crippen LogP contribution in [0.2, 0.25) is 0 Å². The molecule has 1 fully saturated rings. The predicted molar refractivity (Wildman–Crippen MR) is 45.7 cm³/mol. The Morgan fingerprint density at radius 2 is 0.778 bits per heavy atom. The molecule has 0 spiro atoms. The minimum absolute atomic E-state index is 1.50. The summed E-state index contributed by atoms with van der Waals surface area (Å²) in [5.74, 6) is 0. The van der Waals surface area contributed by atoms with Crippen molar-refractivity contribution in [1.82, 2.24) is 0 Å². The van der Waals surface area contributed by atoms with Gasteiger partial charge in [-0.05, 0) is 0 Å². The van der Waals surface area contributed by atoms with Crippen molar-refractivity contribution in [3.05, 3.63) is 13.2 Å². The summed E-state index contributed by atoms with van der Waals surface area (Å²) in [5.41, 5.74) is 0. The molecule has 1 aliphatic carbocycles. The Balaban J connectivity index is 0. The number of rotatable bonds is 0. The molecule has 1 saturated carbocycles. The average Bonchev–Trinajstić information content (AvgIpc) is 2.51. The molecule has 0 amide bonds. The van der Waals surface area contributed by atoms with E-state index in [1.54, 1.807) is 0 Å². The van der Waals surface area contributed by atoms with Crippen LogP contribution in [0.15, 0.2) is 13.2 Å². The van der Waals surface area contributed by atoms with Crippen LogP contribution >= 0.6 is 0 Å². The first kappa shape index (κ1) is 11.5. The molecule has 1 aliphatic rings. The SMILES string of the molecule is C1CCCC1.C=C.CC. The zero-order valence-electron chi connectivity index (χ0n) is 6.95. The van der Waals surface area contributed by atoms with E-state index in [1.165, 1.54) is 32.1 Å². The third kappa shape index (κ3) is 11.4. The quantitative estimate of drug-likeness (QED) is 0.435. The van der Waals surface area contributed by atoms with Gasteiger partial charge in [0.25, 0.3) is 0 Å². The lowest BCUT2D eigenvalue weighted by atomic mass is 10.4. The molecule has 56 valence electrons. The van der Waals surface area contributed by atoms with Gasteiger partial charge in [-0.3, -0.25) is 0 Å². The Kier molecular flexibility index (Phi) is 20.0. The molecule has 0 heterocycles. The van der Waals surface area contributed by atoms with Gasteiger partial charge in [0, 0.05) is 0 Å². The first-order valence-electron chi connectivity index (χ1n) is 4.00. The fourth-order valence-corrected chi connectivity index (χ4v) is 0.884. The fourth-order valence-electron chi connectivity index (χ4n) is 0.884. The van der Waals surface area contributed by atoms with Gasteiger partial charge in [-0.2, -0.15) is 0 Å². The second kappa shape index (κ2) is 15.6. The molecule has 0 nitrogen and oxygen atoms in total. The lowest BCUT2D eigenvalue weighted by Gasteiger charge is -1.67. The van der Waals surface area contributed by atoms with Crippen LogP contribution in [0.4, 0.5) is 0 Å². The van der Waals surface area contributed by atoms with Gasteiger partial charge in [-0.15, -0.1) is 13.2 Å². The third-order valence-corrected chi connectivity index (χ3v) is 1.25. The van der Waals surface area contributed by atoms with E-state index in [0.717, 1.165) is 0 Å². The van der Waals surface area contributed by atoms with Crippen LogP contribution in [-0.4, -0.2) is 0 Å². The standard InChI is InChI=1S/C5H10.C2H6.C2H4/c1-2-4-5-3-1;2*1-2/h1-5H2;1-2H3;1-2H2. The molecule has 0 saturated heterocycles. The van der Waals surface area contributed by atoms with Crippen LogP contribution in [0.1, 0.15) is 46.0 Å². The van der Waals surface area contributed by atoms with E-state index in [0.29, 0.717) is 0 Å². The van der Waals surface area contributed by atoms with Crippen molar-refractivity contribution < 1.29 is 0 Å². The van der Waals surface area contributed by atoms with Gasteiger partial charge in [-0.1, -0.05) is 46.0 Å². The van der Waals surface area contributed by atoms with E-state index in [4.69, 9.17) is 0 Å². The molecule has 0 heteroatoms. The summed E-state index contributed by atoms with van der Waals surface area (Å²) in [6.45, 7) is 10.0. The van der Waals surface area contributed by atoms with E-state index in [9.17, 15) is 0 Å². The van der Waals surface area contributed by atoms with E-state index in [2.05, 4.69) is 13.2 Å². The summed E-state index contributed by atoms with van der Waals surface area (Å²) in [4.78, 5) is 0. The first-order chi connectivity index (χ1) is 4.50. The molecule has 0 aromatic rings. The maximum atomic E-state index is 3.00. The summed E-state index contributed by atoms with van der Waals surface area (Å²) in [6, 6.07) is 0. The van der Waals surface area contributed by atoms with Crippen LogP contribution in [0.3, 0.4) is 0 Å². The zero-order valence-corrected chi connectivity index (χ0v) is 6.95. The largest absolute Gasteiger partial charge is 0.106 e. The van der Waals surface area contributed by atoms with Crippen LogP contribution in [0.5, 0.6) is 0 Å². The molecular formula is C9H20. The minimum Gasteiger partial charge on any atom is -0.106 e. The third-order valence-electron chi connectivity index (χ3n) is 1.25. The highest BCUT2D eigenvalue weighted by Crippen LogP contribution is 2.15. The molecule has 0 radical (unpaired) electrons. The van der Waals surface area contributed by atoms with Crippen LogP contribution in [-0.2, 0) is 0 Å². The fraction of sp³-hybridized carbons (Fsp3) is 0.778. The van der Waals surface area contributed by atoms with E-state index in [1.807, 2.05) is 13.8 Å². The highest BCUT2D eigenvalue weighted by atomic mass is 14.0. The van der Waals surface area contributed by atoms with Gasteiger partial charge >= 0.3 is 0 Å². The monoisotopic (exact) mass is 128 g/mol. The second-order valence-corrected chi connectivity index (χ2v) is 1.77.